The number of rotatable bonds is 3. The highest BCUT2D eigenvalue weighted by Gasteiger charge is 2.19. The van der Waals surface area contributed by atoms with Gasteiger partial charge in [-0.2, -0.15) is 0 Å². The van der Waals surface area contributed by atoms with Crippen LogP contribution in [0.15, 0.2) is 29.2 Å². The zero-order valence-corrected chi connectivity index (χ0v) is 8.84. The van der Waals surface area contributed by atoms with E-state index in [1.807, 2.05) is 36.0 Å². The summed E-state index contributed by atoms with van der Waals surface area (Å²) >= 11 is 1.81. The summed E-state index contributed by atoms with van der Waals surface area (Å²) in [5.74, 6) is 0.119. The number of carbonyl (C=O) groups is 1. The summed E-state index contributed by atoms with van der Waals surface area (Å²) in [7, 11) is 0. The van der Waals surface area contributed by atoms with Crippen molar-refractivity contribution >= 4 is 17.5 Å². The number of carbonyl (C=O) groups excluding carboxylic acids is 1. The van der Waals surface area contributed by atoms with Crippen molar-refractivity contribution in [3.05, 3.63) is 29.8 Å². The molecule has 1 heterocycles. The molecule has 0 bridgehead atoms. The van der Waals surface area contributed by atoms with Gasteiger partial charge in [-0.15, -0.1) is 11.8 Å². The molecule has 0 N–H and O–H groups in total. The van der Waals surface area contributed by atoms with Gasteiger partial charge in [0.15, 0.2) is 5.78 Å². The lowest BCUT2D eigenvalue weighted by Gasteiger charge is -2.25. The van der Waals surface area contributed by atoms with E-state index in [-0.39, 0.29) is 5.78 Å². The molecule has 0 spiro atoms. The van der Waals surface area contributed by atoms with E-state index >= 15 is 0 Å². The second-order valence-electron chi connectivity index (χ2n) is 3.36. The average Bonchev–Trinajstić information content (AvgIpc) is 2.12. The molecule has 14 heavy (non-hydrogen) atoms. The van der Waals surface area contributed by atoms with Crippen LogP contribution in [0.1, 0.15) is 17.3 Å². The van der Waals surface area contributed by atoms with Gasteiger partial charge in [0, 0.05) is 10.5 Å². The predicted molar refractivity (Wildman–Crippen MR) is 56.9 cm³/mol. The monoisotopic (exact) mass is 208 g/mol. The SMILES string of the molecule is CC(=O)c1ccc(SC2COC2)cc1. The van der Waals surface area contributed by atoms with Gasteiger partial charge in [-0.25, -0.2) is 0 Å². The van der Waals surface area contributed by atoms with E-state index in [0.29, 0.717) is 5.25 Å². The van der Waals surface area contributed by atoms with Crippen molar-refractivity contribution in [3.8, 4) is 0 Å². The van der Waals surface area contributed by atoms with Crippen molar-refractivity contribution in [2.24, 2.45) is 0 Å². The Kier molecular flexibility index (Phi) is 2.89. The molecule has 0 atom stereocenters. The molecule has 0 saturated carbocycles. The summed E-state index contributed by atoms with van der Waals surface area (Å²) in [4.78, 5) is 12.2. The van der Waals surface area contributed by atoms with Gasteiger partial charge in [-0.3, -0.25) is 4.79 Å². The van der Waals surface area contributed by atoms with Gasteiger partial charge >= 0.3 is 0 Å². The zero-order valence-electron chi connectivity index (χ0n) is 8.03. The van der Waals surface area contributed by atoms with Gasteiger partial charge in [0.1, 0.15) is 0 Å². The van der Waals surface area contributed by atoms with Crippen molar-refractivity contribution < 1.29 is 9.53 Å². The summed E-state index contributed by atoms with van der Waals surface area (Å²) in [5.41, 5.74) is 0.777. The van der Waals surface area contributed by atoms with Crippen LogP contribution in [0.3, 0.4) is 0 Å². The third kappa shape index (κ3) is 2.16. The van der Waals surface area contributed by atoms with E-state index in [0.717, 1.165) is 18.8 Å². The minimum absolute atomic E-state index is 0.119. The van der Waals surface area contributed by atoms with E-state index in [1.54, 1.807) is 6.92 Å². The molecule has 1 aliphatic heterocycles. The Morgan fingerprint density at radius 2 is 2.00 bits per heavy atom. The number of ketones is 1. The van der Waals surface area contributed by atoms with Crippen LogP contribution in [-0.4, -0.2) is 24.2 Å². The van der Waals surface area contributed by atoms with Crippen LogP contribution in [-0.2, 0) is 4.74 Å². The normalized spacial score (nSPS) is 16.4. The molecule has 0 radical (unpaired) electrons. The van der Waals surface area contributed by atoms with E-state index in [2.05, 4.69) is 0 Å². The van der Waals surface area contributed by atoms with Crippen molar-refractivity contribution in [3.63, 3.8) is 0 Å². The van der Waals surface area contributed by atoms with E-state index in [4.69, 9.17) is 4.74 Å². The fourth-order valence-corrected chi connectivity index (χ4v) is 2.25. The summed E-state index contributed by atoms with van der Waals surface area (Å²) in [6, 6.07) is 7.76. The molecule has 1 aliphatic rings. The number of thioether (sulfide) groups is 1. The lowest BCUT2D eigenvalue weighted by molar-refractivity contribution is 0.0455. The first kappa shape index (κ1) is 9.74. The van der Waals surface area contributed by atoms with Crippen LogP contribution in [0, 0.1) is 0 Å². The number of benzene rings is 1. The smallest absolute Gasteiger partial charge is 0.159 e. The Labute approximate surface area is 87.6 Å². The maximum absolute atomic E-state index is 11.0. The first-order chi connectivity index (χ1) is 6.75. The molecule has 0 aliphatic carbocycles. The molecule has 1 fully saturated rings. The average molecular weight is 208 g/mol. The molecule has 1 saturated heterocycles. The largest absolute Gasteiger partial charge is 0.379 e. The highest BCUT2D eigenvalue weighted by molar-refractivity contribution is 8.00. The number of hydrogen-bond donors (Lipinski definition) is 0. The second-order valence-corrected chi connectivity index (χ2v) is 4.73. The minimum Gasteiger partial charge on any atom is -0.379 e. The van der Waals surface area contributed by atoms with Crippen molar-refractivity contribution in [1.29, 1.82) is 0 Å². The van der Waals surface area contributed by atoms with Crippen LogP contribution < -0.4 is 0 Å². The molecule has 2 rings (SSSR count). The predicted octanol–water partition coefficient (Wildman–Crippen LogP) is 2.38. The highest BCUT2D eigenvalue weighted by atomic mass is 32.2. The van der Waals surface area contributed by atoms with Gasteiger partial charge in [-0.1, -0.05) is 12.1 Å². The molecular weight excluding hydrogens is 196 g/mol. The molecule has 1 aromatic carbocycles. The maximum Gasteiger partial charge on any atom is 0.159 e. The minimum atomic E-state index is 0.119. The summed E-state index contributed by atoms with van der Waals surface area (Å²) < 4.78 is 5.09. The first-order valence-corrected chi connectivity index (χ1v) is 5.49. The highest BCUT2D eigenvalue weighted by Crippen LogP contribution is 2.27. The van der Waals surface area contributed by atoms with Gasteiger partial charge in [0.25, 0.3) is 0 Å². The molecule has 1 aromatic rings. The van der Waals surface area contributed by atoms with Crippen molar-refractivity contribution in [1.82, 2.24) is 0 Å². The van der Waals surface area contributed by atoms with Crippen LogP contribution in [0.2, 0.25) is 0 Å². The molecule has 0 amide bonds. The lowest BCUT2D eigenvalue weighted by Crippen LogP contribution is -2.29. The Morgan fingerprint density at radius 3 is 2.43 bits per heavy atom. The van der Waals surface area contributed by atoms with Gasteiger partial charge < -0.3 is 4.74 Å². The number of hydrogen-bond acceptors (Lipinski definition) is 3. The Hall–Kier alpha value is -0.800. The molecule has 2 nitrogen and oxygen atoms in total. The molecule has 3 heteroatoms. The van der Waals surface area contributed by atoms with E-state index < -0.39 is 0 Å². The summed E-state index contributed by atoms with van der Waals surface area (Å²) in [6.07, 6.45) is 0. The summed E-state index contributed by atoms with van der Waals surface area (Å²) in [6.45, 7) is 3.28. The molecule has 0 unspecified atom stereocenters. The standard InChI is InChI=1S/C11H12O2S/c1-8(12)9-2-4-10(5-3-9)14-11-6-13-7-11/h2-5,11H,6-7H2,1H3. The van der Waals surface area contributed by atoms with Crippen LogP contribution in [0.5, 0.6) is 0 Å². The Bertz CT molecular complexity index is 328. The second kappa shape index (κ2) is 4.15. The zero-order chi connectivity index (χ0) is 9.97. The van der Waals surface area contributed by atoms with E-state index in [1.165, 1.54) is 4.90 Å². The fourth-order valence-electron chi connectivity index (χ4n) is 1.24. The molecular formula is C11H12O2S. The Morgan fingerprint density at radius 1 is 1.36 bits per heavy atom. The van der Waals surface area contributed by atoms with Crippen molar-refractivity contribution in [2.75, 3.05) is 13.2 Å². The van der Waals surface area contributed by atoms with Crippen molar-refractivity contribution in [2.45, 2.75) is 17.1 Å². The topological polar surface area (TPSA) is 26.3 Å². The number of Topliss-reactive ketones (excluding diaryl/α,β-unsaturated/α-hetero) is 1. The third-order valence-corrected chi connectivity index (χ3v) is 3.32. The molecule has 74 valence electrons. The molecule has 0 aromatic heterocycles. The summed E-state index contributed by atoms with van der Waals surface area (Å²) in [5, 5.41) is 0.596. The lowest BCUT2D eigenvalue weighted by atomic mass is 10.2. The van der Waals surface area contributed by atoms with Gasteiger partial charge in [0.05, 0.1) is 18.5 Å². The van der Waals surface area contributed by atoms with Crippen LogP contribution in [0.25, 0.3) is 0 Å². The van der Waals surface area contributed by atoms with Crippen LogP contribution in [0.4, 0.5) is 0 Å². The first-order valence-electron chi connectivity index (χ1n) is 4.61. The quantitative estimate of drug-likeness (QED) is 0.713. The van der Waals surface area contributed by atoms with E-state index in [9.17, 15) is 4.79 Å². The van der Waals surface area contributed by atoms with Gasteiger partial charge in [0.2, 0.25) is 0 Å². The third-order valence-electron chi connectivity index (χ3n) is 2.17. The number of ether oxygens (including phenoxy) is 1. The van der Waals surface area contributed by atoms with Crippen LogP contribution >= 0.6 is 11.8 Å². The Balaban J connectivity index is 2.01. The van der Waals surface area contributed by atoms with Gasteiger partial charge in [-0.05, 0) is 19.1 Å². The fraction of sp³-hybridized carbons (Fsp3) is 0.364. The maximum atomic E-state index is 11.0.